The summed E-state index contributed by atoms with van der Waals surface area (Å²) in [7, 11) is 0. The van der Waals surface area contributed by atoms with Gasteiger partial charge in [-0.1, -0.05) is 17.7 Å². The molecule has 0 bridgehead atoms. The van der Waals surface area contributed by atoms with E-state index in [-0.39, 0.29) is 22.5 Å². The molecule has 0 spiro atoms. The normalized spacial score (nSPS) is 12.5. The van der Waals surface area contributed by atoms with E-state index in [4.69, 9.17) is 11.6 Å². The van der Waals surface area contributed by atoms with Crippen LogP contribution in [0.25, 0.3) is 0 Å². The van der Waals surface area contributed by atoms with Gasteiger partial charge in [-0.3, -0.25) is 14.4 Å². The van der Waals surface area contributed by atoms with Crippen molar-refractivity contribution in [2.24, 2.45) is 4.99 Å². The SMILES string of the molecule is CC(C)N=c1ccccn1C(=O)c1cnc(OCC(F)(F)F)c(Cl)c1. The molecular weight excluding hydrogens is 359 g/mol. The number of hydrogen-bond donors (Lipinski definition) is 0. The lowest BCUT2D eigenvalue weighted by Crippen LogP contribution is -2.28. The predicted octanol–water partition coefficient (Wildman–Crippen LogP) is 3.48. The van der Waals surface area contributed by atoms with Crippen molar-refractivity contribution in [1.29, 1.82) is 0 Å². The molecule has 134 valence electrons. The molecule has 0 saturated heterocycles. The molecule has 0 fully saturated rings. The summed E-state index contributed by atoms with van der Waals surface area (Å²) < 4.78 is 42.4. The second kappa shape index (κ2) is 7.69. The van der Waals surface area contributed by atoms with Gasteiger partial charge in [0.2, 0.25) is 5.88 Å². The van der Waals surface area contributed by atoms with Crippen LogP contribution in [0.4, 0.5) is 13.2 Å². The second-order valence-corrected chi connectivity index (χ2v) is 5.78. The van der Waals surface area contributed by atoms with Gasteiger partial charge in [-0.25, -0.2) is 4.98 Å². The molecule has 25 heavy (non-hydrogen) atoms. The zero-order chi connectivity index (χ0) is 18.6. The van der Waals surface area contributed by atoms with Gasteiger partial charge in [0, 0.05) is 18.4 Å². The number of pyridine rings is 2. The monoisotopic (exact) mass is 373 g/mol. The quantitative estimate of drug-likeness (QED) is 0.824. The number of ether oxygens (including phenoxy) is 1. The Hall–Kier alpha value is -2.35. The highest BCUT2D eigenvalue weighted by atomic mass is 35.5. The maximum Gasteiger partial charge on any atom is 0.422 e. The lowest BCUT2D eigenvalue weighted by atomic mass is 10.2. The summed E-state index contributed by atoms with van der Waals surface area (Å²) in [6.07, 6.45) is -1.86. The minimum atomic E-state index is -4.51. The molecule has 0 aromatic carbocycles. The largest absolute Gasteiger partial charge is 0.467 e. The van der Waals surface area contributed by atoms with Crippen LogP contribution in [0, 0.1) is 0 Å². The van der Waals surface area contributed by atoms with Gasteiger partial charge in [0.25, 0.3) is 5.91 Å². The molecule has 0 radical (unpaired) electrons. The Morgan fingerprint density at radius 3 is 2.72 bits per heavy atom. The van der Waals surface area contributed by atoms with Gasteiger partial charge in [0.1, 0.15) is 10.5 Å². The van der Waals surface area contributed by atoms with Gasteiger partial charge < -0.3 is 4.74 Å². The summed E-state index contributed by atoms with van der Waals surface area (Å²) in [4.78, 5) is 20.7. The van der Waals surface area contributed by atoms with Gasteiger partial charge in [0.05, 0.1) is 5.56 Å². The van der Waals surface area contributed by atoms with E-state index in [0.29, 0.717) is 5.49 Å². The maximum absolute atomic E-state index is 12.6. The van der Waals surface area contributed by atoms with Gasteiger partial charge >= 0.3 is 6.18 Å². The van der Waals surface area contributed by atoms with Crippen LogP contribution in [0.1, 0.15) is 24.2 Å². The number of aromatic nitrogens is 2. The highest BCUT2D eigenvalue weighted by Crippen LogP contribution is 2.25. The zero-order valence-corrected chi connectivity index (χ0v) is 14.2. The number of alkyl halides is 3. The minimum Gasteiger partial charge on any atom is -0.467 e. The van der Waals surface area contributed by atoms with E-state index in [0.717, 1.165) is 6.20 Å². The van der Waals surface area contributed by atoms with E-state index in [9.17, 15) is 18.0 Å². The van der Waals surface area contributed by atoms with E-state index in [1.54, 1.807) is 18.2 Å². The molecule has 0 aliphatic carbocycles. The third kappa shape index (κ3) is 5.32. The van der Waals surface area contributed by atoms with Crippen LogP contribution in [-0.4, -0.2) is 34.3 Å². The van der Waals surface area contributed by atoms with Crippen LogP contribution >= 0.6 is 11.6 Å². The van der Waals surface area contributed by atoms with E-state index >= 15 is 0 Å². The molecule has 2 rings (SSSR count). The van der Waals surface area contributed by atoms with E-state index in [1.165, 1.54) is 16.8 Å². The van der Waals surface area contributed by atoms with Gasteiger partial charge in [-0.15, -0.1) is 0 Å². The fraction of sp³-hybridized carbons (Fsp3) is 0.312. The number of halogens is 4. The lowest BCUT2D eigenvalue weighted by Gasteiger charge is -2.11. The topological polar surface area (TPSA) is 56.5 Å². The standard InChI is InChI=1S/C16H15ClF3N3O2/c1-10(2)22-13-5-3-4-6-23(13)15(24)11-7-12(17)14(21-8-11)25-9-16(18,19)20/h3-8,10H,9H2,1-2H3. The summed E-state index contributed by atoms with van der Waals surface area (Å²) in [5.41, 5.74) is 0.539. The third-order valence-electron chi connectivity index (χ3n) is 2.87. The summed E-state index contributed by atoms with van der Waals surface area (Å²) in [6.45, 7) is 2.22. The molecule has 0 N–H and O–H groups in total. The first-order valence-corrected chi connectivity index (χ1v) is 7.66. The molecule has 0 atom stereocenters. The number of hydrogen-bond acceptors (Lipinski definition) is 4. The average Bonchev–Trinajstić information content (AvgIpc) is 2.52. The van der Waals surface area contributed by atoms with Crippen LogP contribution < -0.4 is 10.2 Å². The van der Waals surface area contributed by atoms with Crippen molar-refractivity contribution in [3.05, 3.63) is 52.7 Å². The van der Waals surface area contributed by atoms with Crippen molar-refractivity contribution in [2.75, 3.05) is 6.61 Å². The Morgan fingerprint density at radius 1 is 1.40 bits per heavy atom. The second-order valence-electron chi connectivity index (χ2n) is 5.37. The molecular formula is C16H15ClF3N3O2. The first-order valence-electron chi connectivity index (χ1n) is 7.28. The average molecular weight is 374 g/mol. The Bertz CT molecular complexity index is 832. The molecule has 0 aliphatic rings. The molecule has 0 amide bonds. The van der Waals surface area contributed by atoms with Crippen LogP contribution in [0.3, 0.4) is 0 Å². The fourth-order valence-corrected chi connectivity index (χ4v) is 2.13. The first kappa shape index (κ1) is 19.0. The Morgan fingerprint density at radius 2 is 2.12 bits per heavy atom. The molecule has 9 heteroatoms. The number of carbonyl (C=O) groups is 1. The van der Waals surface area contributed by atoms with Crippen molar-refractivity contribution in [3.63, 3.8) is 0 Å². The number of carbonyl (C=O) groups excluding carboxylic acids is 1. The zero-order valence-electron chi connectivity index (χ0n) is 13.4. The summed E-state index contributed by atoms with van der Waals surface area (Å²) >= 11 is 5.87. The minimum absolute atomic E-state index is 0.0266. The molecule has 2 aromatic heterocycles. The molecule has 2 aromatic rings. The molecule has 0 aliphatic heterocycles. The highest BCUT2D eigenvalue weighted by molar-refractivity contribution is 6.32. The van der Waals surface area contributed by atoms with Crippen molar-refractivity contribution >= 4 is 17.5 Å². The molecule has 0 saturated carbocycles. The van der Waals surface area contributed by atoms with Crippen molar-refractivity contribution in [2.45, 2.75) is 26.1 Å². The number of rotatable bonds is 4. The summed E-state index contributed by atoms with van der Waals surface area (Å²) in [5.74, 6) is -0.850. The Kier molecular flexibility index (Phi) is 5.84. The van der Waals surface area contributed by atoms with E-state index < -0.39 is 18.7 Å². The van der Waals surface area contributed by atoms with Crippen molar-refractivity contribution < 1.29 is 22.7 Å². The Balaban J connectivity index is 2.31. The van der Waals surface area contributed by atoms with E-state index in [1.807, 2.05) is 13.8 Å². The third-order valence-corrected chi connectivity index (χ3v) is 3.15. The first-order chi connectivity index (χ1) is 11.7. The van der Waals surface area contributed by atoms with Crippen molar-refractivity contribution in [3.8, 4) is 5.88 Å². The van der Waals surface area contributed by atoms with Gasteiger partial charge in [-0.2, -0.15) is 13.2 Å². The Labute approximate surface area is 146 Å². The molecule has 0 unspecified atom stereocenters. The summed E-state index contributed by atoms with van der Waals surface area (Å²) in [5, 5.41) is -0.186. The number of nitrogens with zero attached hydrogens (tertiary/aromatic N) is 3. The maximum atomic E-state index is 12.6. The van der Waals surface area contributed by atoms with E-state index in [2.05, 4.69) is 14.7 Å². The predicted molar refractivity (Wildman–Crippen MR) is 85.7 cm³/mol. The van der Waals surface area contributed by atoms with Gasteiger partial charge in [0.15, 0.2) is 6.61 Å². The van der Waals surface area contributed by atoms with Gasteiger partial charge in [-0.05, 0) is 32.0 Å². The summed E-state index contributed by atoms with van der Waals surface area (Å²) in [6, 6.07) is 6.26. The lowest BCUT2D eigenvalue weighted by molar-refractivity contribution is -0.154. The van der Waals surface area contributed by atoms with Crippen LogP contribution in [0.2, 0.25) is 5.02 Å². The molecule has 2 heterocycles. The van der Waals surface area contributed by atoms with Crippen LogP contribution in [0.15, 0.2) is 41.7 Å². The smallest absolute Gasteiger partial charge is 0.422 e. The molecule has 5 nitrogen and oxygen atoms in total. The highest BCUT2D eigenvalue weighted by Gasteiger charge is 2.29. The van der Waals surface area contributed by atoms with Crippen molar-refractivity contribution in [1.82, 2.24) is 9.55 Å². The van der Waals surface area contributed by atoms with Crippen LogP contribution in [-0.2, 0) is 0 Å². The fourth-order valence-electron chi connectivity index (χ4n) is 1.91. The van der Waals surface area contributed by atoms with Crippen LogP contribution in [0.5, 0.6) is 5.88 Å².